The monoisotopic (exact) mass is 440 g/mol. The maximum absolute atomic E-state index is 14.6. The first-order chi connectivity index (χ1) is 16.0. The molecule has 2 aromatic heterocycles. The van der Waals surface area contributed by atoms with Gasteiger partial charge in [0.25, 0.3) is 0 Å². The fourth-order valence-corrected chi connectivity index (χ4v) is 3.99. The number of aromatic nitrogens is 2. The van der Waals surface area contributed by atoms with Gasteiger partial charge in [0.15, 0.2) is 0 Å². The summed E-state index contributed by atoms with van der Waals surface area (Å²) in [5.41, 5.74) is 5.52. The molecule has 0 fully saturated rings. The van der Waals surface area contributed by atoms with Gasteiger partial charge in [0.1, 0.15) is 11.9 Å². The van der Waals surface area contributed by atoms with Crippen LogP contribution in [-0.4, -0.2) is 48.4 Å². The predicted octanol–water partition coefficient (Wildman–Crippen LogP) is 4.98. The Balaban J connectivity index is 1.97. The second-order valence-electron chi connectivity index (χ2n) is 8.10. The molecular weight excluding hydrogens is 415 g/mol. The summed E-state index contributed by atoms with van der Waals surface area (Å²) in [7, 11) is 5.87. The lowest BCUT2D eigenvalue weighted by Crippen LogP contribution is -2.17. The predicted molar refractivity (Wildman–Crippen MR) is 131 cm³/mol. The Labute approximate surface area is 192 Å². The largest absolute Gasteiger partial charge is 0.388 e. The van der Waals surface area contributed by atoms with E-state index in [4.69, 9.17) is 15.7 Å². The quantitative estimate of drug-likeness (QED) is 0.397. The van der Waals surface area contributed by atoms with Crippen LogP contribution in [0.1, 0.15) is 11.1 Å². The van der Waals surface area contributed by atoms with Gasteiger partial charge in [0.2, 0.25) is 0 Å². The summed E-state index contributed by atoms with van der Waals surface area (Å²) in [6.45, 7) is 1.67. The second kappa shape index (κ2) is 9.23. The van der Waals surface area contributed by atoms with Crippen LogP contribution < -0.4 is 5.32 Å². The van der Waals surface area contributed by atoms with Gasteiger partial charge in [-0.2, -0.15) is 5.26 Å². The van der Waals surface area contributed by atoms with Crippen molar-refractivity contribution in [2.24, 2.45) is 0 Å². The highest BCUT2D eigenvalue weighted by molar-refractivity contribution is 6.02. The minimum atomic E-state index is -0.560. The molecule has 4 rings (SSSR count). The van der Waals surface area contributed by atoms with Crippen LogP contribution in [0.2, 0.25) is 0 Å². The first-order valence-electron chi connectivity index (χ1n) is 10.6. The van der Waals surface area contributed by atoms with Crippen molar-refractivity contribution in [2.45, 2.75) is 6.54 Å². The molecule has 2 heterocycles. The maximum Gasteiger partial charge on any atom is 0.141 e. The molecule has 2 aromatic carbocycles. The van der Waals surface area contributed by atoms with Gasteiger partial charge < -0.3 is 20.2 Å². The molecule has 0 bridgehead atoms. The second-order valence-corrected chi connectivity index (χ2v) is 8.10. The summed E-state index contributed by atoms with van der Waals surface area (Å²) in [4.78, 5) is 6.92. The third-order valence-electron chi connectivity index (χ3n) is 5.74. The molecule has 0 saturated carbocycles. The fraction of sp³-hybridized carbons (Fsp3) is 0.192. The molecule has 0 aliphatic heterocycles. The first-order valence-corrected chi connectivity index (χ1v) is 10.6. The Bertz CT molecular complexity index is 1380. The number of rotatable bonds is 7. The van der Waals surface area contributed by atoms with Crippen molar-refractivity contribution in [1.82, 2.24) is 14.5 Å². The number of nitriles is 1. The highest BCUT2D eigenvalue weighted by atomic mass is 19.1. The molecule has 0 aliphatic rings. The fourth-order valence-electron chi connectivity index (χ4n) is 3.99. The van der Waals surface area contributed by atoms with Crippen LogP contribution in [0.5, 0.6) is 0 Å². The maximum atomic E-state index is 14.6. The number of hydrogen-bond acceptors (Lipinski definition) is 5. The summed E-state index contributed by atoms with van der Waals surface area (Å²) < 4.78 is 16.8. The molecule has 0 spiro atoms. The molecule has 0 aliphatic carbocycles. The molecule has 0 radical (unpaired) electrons. The van der Waals surface area contributed by atoms with E-state index >= 15 is 0 Å². The van der Waals surface area contributed by atoms with Crippen molar-refractivity contribution in [3.63, 3.8) is 0 Å². The van der Waals surface area contributed by atoms with Gasteiger partial charge >= 0.3 is 0 Å². The number of hydrogen-bond donors (Lipinski definition) is 2. The molecular formula is C26H25FN6. The van der Waals surface area contributed by atoms with Gasteiger partial charge in [-0.25, -0.2) is 4.39 Å². The van der Waals surface area contributed by atoms with Gasteiger partial charge in [-0.05, 0) is 50.0 Å². The van der Waals surface area contributed by atoms with E-state index in [0.29, 0.717) is 11.3 Å². The number of fused-ring (bicyclic) bond motifs is 1. The number of anilines is 1. The van der Waals surface area contributed by atoms with Gasteiger partial charge in [0, 0.05) is 60.3 Å². The van der Waals surface area contributed by atoms with E-state index in [2.05, 4.69) is 14.8 Å². The Morgan fingerprint density at radius 1 is 1.18 bits per heavy atom. The Hall–Kier alpha value is -4.02. The van der Waals surface area contributed by atoms with Gasteiger partial charge in [-0.15, -0.1) is 0 Å². The van der Waals surface area contributed by atoms with Crippen molar-refractivity contribution in [1.29, 1.82) is 10.7 Å². The highest BCUT2D eigenvalue weighted by Crippen LogP contribution is 2.38. The van der Waals surface area contributed by atoms with E-state index in [-0.39, 0.29) is 5.56 Å². The van der Waals surface area contributed by atoms with E-state index in [1.165, 1.54) is 18.3 Å². The topological polar surface area (TPSA) is 80.7 Å². The lowest BCUT2D eigenvalue weighted by molar-refractivity contribution is 0.387. The van der Waals surface area contributed by atoms with Crippen LogP contribution in [0, 0.1) is 22.6 Å². The van der Waals surface area contributed by atoms with E-state index in [9.17, 15) is 4.39 Å². The van der Waals surface area contributed by atoms with E-state index in [1.807, 2.05) is 63.9 Å². The average molecular weight is 441 g/mol. The number of nitrogens with one attached hydrogen (secondary N) is 2. The molecule has 4 aromatic rings. The molecule has 6 nitrogen and oxygen atoms in total. The van der Waals surface area contributed by atoms with Gasteiger partial charge in [0.05, 0.1) is 23.0 Å². The van der Waals surface area contributed by atoms with Crippen molar-refractivity contribution >= 4 is 22.8 Å². The Morgan fingerprint density at radius 2 is 1.97 bits per heavy atom. The highest BCUT2D eigenvalue weighted by Gasteiger charge is 2.18. The third kappa shape index (κ3) is 4.21. The van der Waals surface area contributed by atoms with Gasteiger partial charge in [-0.3, -0.25) is 4.98 Å². The molecule has 166 valence electrons. The molecule has 7 heteroatoms. The number of pyridine rings is 1. The summed E-state index contributed by atoms with van der Waals surface area (Å²) >= 11 is 0. The molecule has 0 atom stereocenters. The number of benzene rings is 2. The van der Waals surface area contributed by atoms with Crippen molar-refractivity contribution in [3.8, 4) is 28.5 Å². The first kappa shape index (κ1) is 22.2. The molecule has 0 unspecified atom stereocenters. The van der Waals surface area contributed by atoms with Gasteiger partial charge in [-0.1, -0.05) is 12.1 Å². The summed E-state index contributed by atoms with van der Waals surface area (Å²) in [6, 6.07) is 14.3. The zero-order chi connectivity index (χ0) is 23.5. The summed E-state index contributed by atoms with van der Waals surface area (Å²) in [6.07, 6.45) is 5.17. The normalized spacial score (nSPS) is 11.0. The number of halogens is 1. The van der Waals surface area contributed by atoms with E-state index in [1.54, 1.807) is 6.07 Å². The lowest BCUT2D eigenvalue weighted by Gasteiger charge is -2.15. The van der Waals surface area contributed by atoms with E-state index in [0.717, 1.165) is 46.4 Å². The lowest BCUT2D eigenvalue weighted by atomic mass is 9.94. The number of likely N-dealkylation sites (N-methyl/N-ethyl adjacent to an activating group) is 1. The SMILES string of the molecule is CNc1ccc(-c2ncc3c(ccn3CCN(C)C)c2-c2ccc(C#N)c(F)c2)cc1C=N. The standard InChI is InChI=1S/C26H25FN6/c1-30-23-7-6-18(12-20(23)15-29)26-25(17-4-5-19(14-28)22(27)13-17)21-8-9-33(11-10-32(2)3)24(21)16-31-26/h4-9,12-13,15-16,29-30H,10-11H2,1-3H3. The minimum Gasteiger partial charge on any atom is -0.388 e. The van der Waals surface area contributed by atoms with Crippen molar-refractivity contribution in [3.05, 3.63) is 71.8 Å². The van der Waals surface area contributed by atoms with Crippen LogP contribution in [0.25, 0.3) is 33.3 Å². The third-order valence-corrected chi connectivity index (χ3v) is 5.74. The van der Waals surface area contributed by atoms with Crippen LogP contribution in [-0.2, 0) is 6.54 Å². The average Bonchev–Trinajstić information content (AvgIpc) is 3.24. The molecule has 0 saturated heterocycles. The zero-order valence-electron chi connectivity index (χ0n) is 18.9. The summed E-state index contributed by atoms with van der Waals surface area (Å²) in [5, 5.41) is 21.0. The number of nitrogens with zero attached hydrogens (tertiary/aromatic N) is 4. The van der Waals surface area contributed by atoms with Crippen LogP contribution in [0.15, 0.2) is 54.9 Å². The Morgan fingerprint density at radius 3 is 2.64 bits per heavy atom. The minimum absolute atomic E-state index is 0.00783. The molecule has 33 heavy (non-hydrogen) atoms. The van der Waals surface area contributed by atoms with E-state index < -0.39 is 5.82 Å². The molecule has 2 N–H and O–H groups in total. The van der Waals surface area contributed by atoms with Crippen LogP contribution >= 0.6 is 0 Å². The van der Waals surface area contributed by atoms with Crippen molar-refractivity contribution in [2.75, 3.05) is 33.0 Å². The molecule has 0 amide bonds. The smallest absolute Gasteiger partial charge is 0.141 e. The van der Waals surface area contributed by atoms with Crippen LogP contribution in [0.3, 0.4) is 0 Å². The zero-order valence-corrected chi connectivity index (χ0v) is 18.9. The Kier molecular flexibility index (Phi) is 6.20. The summed E-state index contributed by atoms with van der Waals surface area (Å²) in [5.74, 6) is -0.560. The van der Waals surface area contributed by atoms with Crippen molar-refractivity contribution < 1.29 is 4.39 Å². The van der Waals surface area contributed by atoms with Crippen LogP contribution in [0.4, 0.5) is 10.1 Å².